The first kappa shape index (κ1) is 15.8. The fourth-order valence-corrected chi connectivity index (χ4v) is 3.80. The molecular weight excluding hydrogens is 311 g/mol. The molecule has 1 amide bonds. The zero-order chi connectivity index (χ0) is 16.7. The fourth-order valence-electron chi connectivity index (χ4n) is 3.80. The predicted molar refractivity (Wildman–Crippen MR) is 74.3 cm³/mol. The van der Waals surface area contributed by atoms with Gasteiger partial charge in [0.05, 0.1) is 0 Å². The molecule has 0 radical (unpaired) electrons. The highest BCUT2D eigenvalue weighted by Gasteiger charge is 2.47. The van der Waals surface area contributed by atoms with E-state index in [1.807, 2.05) is 0 Å². The summed E-state index contributed by atoms with van der Waals surface area (Å²) in [5.41, 5.74) is -0.362. The van der Waals surface area contributed by atoms with Crippen molar-refractivity contribution in [3.8, 4) is 0 Å². The number of carboxylic acids is 1. The Balaban J connectivity index is 1.97. The van der Waals surface area contributed by atoms with Crippen molar-refractivity contribution in [1.29, 1.82) is 0 Å². The Hall–Kier alpha value is -2.05. The lowest BCUT2D eigenvalue weighted by molar-refractivity contribution is -0.141. The van der Waals surface area contributed by atoms with E-state index in [1.165, 1.54) is 4.90 Å². The highest BCUT2D eigenvalue weighted by Crippen LogP contribution is 2.40. The van der Waals surface area contributed by atoms with Gasteiger partial charge in [0, 0.05) is 11.6 Å². The second kappa shape index (κ2) is 5.86. The van der Waals surface area contributed by atoms with Gasteiger partial charge in [-0.1, -0.05) is 12.8 Å². The third kappa shape index (κ3) is 2.68. The van der Waals surface area contributed by atoms with E-state index in [-0.39, 0.29) is 17.5 Å². The summed E-state index contributed by atoms with van der Waals surface area (Å²) in [5, 5.41) is 9.38. The second-order valence-corrected chi connectivity index (χ2v) is 6.17. The first-order chi connectivity index (χ1) is 10.9. The molecular formula is C16H16F3NO3. The number of carbonyl (C=O) groups is 2. The van der Waals surface area contributed by atoms with Crippen molar-refractivity contribution in [2.24, 2.45) is 5.92 Å². The van der Waals surface area contributed by atoms with E-state index >= 15 is 0 Å². The SMILES string of the molecule is O=C(O)[C@@H]1C[C@@H]2CCCC[C@H]2N1C(=O)c1cc(F)c(F)c(F)c1. The van der Waals surface area contributed by atoms with Gasteiger partial charge in [0.15, 0.2) is 17.5 Å². The highest BCUT2D eigenvalue weighted by atomic mass is 19.2. The zero-order valence-corrected chi connectivity index (χ0v) is 12.3. The van der Waals surface area contributed by atoms with E-state index in [0.29, 0.717) is 25.0 Å². The van der Waals surface area contributed by atoms with Crippen LogP contribution in [0.15, 0.2) is 12.1 Å². The van der Waals surface area contributed by atoms with Crippen molar-refractivity contribution in [3.63, 3.8) is 0 Å². The standard InChI is InChI=1S/C16H16F3NO3/c17-10-5-9(6-11(18)14(10)19)15(21)20-12-4-2-1-3-8(12)7-13(20)16(22)23/h5-6,8,12-13H,1-4,7H2,(H,22,23)/t8-,12+,13-/m0/s1. The number of rotatable bonds is 2. The predicted octanol–water partition coefficient (Wildman–Crippen LogP) is 2.96. The van der Waals surface area contributed by atoms with Crippen LogP contribution in [0.25, 0.3) is 0 Å². The van der Waals surface area contributed by atoms with Gasteiger partial charge in [-0.2, -0.15) is 0 Å². The molecule has 3 atom stereocenters. The number of hydrogen-bond donors (Lipinski definition) is 1. The number of aliphatic carboxylic acids is 1. The lowest BCUT2D eigenvalue weighted by atomic mass is 9.84. The van der Waals surface area contributed by atoms with E-state index in [9.17, 15) is 27.9 Å². The van der Waals surface area contributed by atoms with Crippen LogP contribution in [0.5, 0.6) is 0 Å². The van der Waals surface area contributed by atoms with Crippen LogP contribution in [0.2, 0.25) is 0 Å². The van der Waals surface area contributed by atoms with Crippen molar-refractivity contribution < 1.29 is 27.9 Å². The molecule has 1 aliphatic carbocycles. The molecule has 0 bridgehead atoms. The molecule has 1 saturated heterocycles. The number of benzene rings is 1. The van der Waals surface area contributed by atoms with Gasteiger partial charge in [0.25, 0.3) is 5.91 Å². The Labute approximate surface area is 130 Å². The summed E-state index contributed by atoms with van der Waals surface area (Å²) in [6.45, 7) is 0. The Morgan fingerprint density at radius 3 is 2.30 bits per heavy atom. The van der Waals surface area contributed by atoms with Gasteiger partial charge in [-0.05, 0) is 37.3 Å². The van der Waals surface area contributed by atoms with Gasteiger partial charge in [-0.25, -0.2) is 18.0 Å². The zero-order valence-electron chi connectivity index (χ0n) is 12.3. The van der Waals surface area contributed by atoms with Crippen molar-refractivity contribution in [1.82, 2.24) is 4.90 Å². The Morgan fingerprint density at radius 1 is 1.09 bits per heavy atom. The van der Waals surface area contributed by atoms with Crippen molar-refractivity contribution >= 4 is 11.9 Å². The maximum Gasteiger partial charge on any atom is 0.326 e. The molecule has 23 heavy (non-hydrogen) atoms. The van der Waals surface area contributed by atoms with E-state index in [2.05, 4.69) is 0 Å². The Morgan fingerprint density at radius 2 is 1.70 bits per heavy atom. The number of carboxylic acid groups (broad SMARTS) is 1. The second-order valence-electron chi connectivity index (χ2n) is 6.17. The normalized spacial score (nSPS) is 26.9. The maximum atomic E-state index is 13.4. The van der Waals surface area contributed by atoms with E-state index in [1.54, 1.807) is 0 Å². The number of amides is 1. The minimum atomic E-state index is -1.65. The minimum absolute atomic E-state index is 0.0870. The van der Waals surface area contributed by atoms with Crippen LogP contribution in [0.3, 0.4) is 0 Å². The number of nitrogens with zero attached hydrogens (tertiary/aromatic N) is 1. The largest absolute Gasteiger partial charge is 0.480 e. The third-order valence-corrected chi connectivity index (χ3v) is 4.84. The molecule has 1 N–H and O–H groups in total. The van der Waals surface area contributed by atoms with Crippen LogP contribution in [-0.4, -0.2) is 34.0 Å². The molecule has 4 nitrogen and oxygen atoms in total. The molecule has 0 spiro atoms. The smallest absolute Gasteiger partial charge is 0.326 e. The van der Waals surface area contributed by atoms with Gasteiger partial charge in [0.1, 0.15) is 6.04 Å². The summed E-state index contributed by atoms with van der Waals surface area (Å²) in [4.78, 5) is 25.3. The molecule has 1 aromatic carbocycles. The molecule has 3 rings (SSSR count). The van der Waals surface area contributed by atoms with Crippen LogP contribution >= 0.6 is 0 Å². The lowest BCUT2D eigenvalue weighted by Gasteiger charge is -2.33. The quantitative estimate of drug-likeness (QED) is 0.850. The summed E-state index contributed by atoms with van der Waals surface area (Å²) in [6, 6.07) is -0.00803. The summed E-state index contributed by atoms with van der Waals surface area (Å²) in [6.07, 6.45) is 3.72. The number of likely N-dealkylation sites (tertiary alicyclic amines) is 1. The van der Waals surface area contributed by atoms with Gasteiger partial charge in [0.2, 0.25) is 0 Å². The van der Waals surface area contributed by atoms with Gasteiger partial charge in [-0.3, -0.25) is 4.79 Å². The summed E-state index contributed by atoms with van der Waals surface area (Å²) in [7, 11) is 0. The molecule has 1 heterocycles. The topological polar surface area (TPSA) is 57.6 Å². The molecule has 124 valence electrons. The lowest BCUT2D eigenvalue weighted by Crippen LogP contribution is -2.46. The average molecular weight is 327 g/mol. The van der Waals surface area contributed by atoms with Crippen LogP contribution in [0.4, 0.5) is 13.2 Å². The van der Waals surface area contributed by atoms with Crippen LogP contribution in [0, 0.1) is 23.4 Å². The number of carbonyl (C=O) groups excluding carboxylic acids is 1. The van der Waals surface area contributed by atoms with E-state index < -0.39 is 35.4 Å². The number of hydrogen-bond acceptors (Lipinski definition) is 2. The van der Waals surface area contributed by atoms with Crippen molar-refractivity contribution in [2.75, 3.05) is 0 Å². The number of halogens is 3. The van der Waals surface area contributed by atoms with Crippen molar-refractivity contribution in [3.05, 3.63) is 35.1 Å². The van der Waals surface area contributed by atoms with Gasteiger partial charge >= 0.3 is 5.97 Å². The highest BCUT2D eigenvalue weighted by molar-refractivity contribution is 5.97. The molecule has 2 fully saturated rings. The molecule has 0 unspecified atom stereocenters. The molecule has 7 heteroatoms. The Bertz CT molecular complexity index is 641. The average Bonchev–Trinajstić information content (AvgIpc) is 2.91. The van der Waals surface area contributed by atoms with Crippen LogP contribution in [0.1, 0.15) is 42.5 Å². The monoisotopic (exact) mass is 327 g/mol. The summed E-state index contributed by atoms with van der Waals surface area (Å²) >= 11 is 0. The summed E-state index contributed by atoms with van der Waals surface area (Å²) in [5.74, 6) is -6.36. The molecule has 0 aromatic heterocycles. The molecule has 1 aliphatic heterocycles. The molecule has 1 aromatic rings. The first-order valence-electron chi connectivity index (χ1n) is 7.60. The Kier molecular flexibility index (Phi) is 4.04. The summed E-state index contributed by atoms with van der Waals surface area (Å²) < 4.78 is 39.8. The number of fused-ring (bicyclic) bond motifs is 1. The van der Waals surface area contributed by atoms with Gasteiger partial charge in [-0.15, -0.1) is 0 Å². The molecule has 2 aliphatic rings. The molecule has 1 saturated carbocycles. The van der Waals surface area contributed by atoms with Crippen LogP contribution < -0.4 is 0 Å². The minimum Gasteiger partial charge on any atom is -0.480 e. The van der Waals surface area contributed by atoms with Crippen molar-refractivity contribution in [2.45, 2.75) is 44.2 Å². The van der Waals surface area contributed by atoms with E-state index in [4.69, 9.17) is 0 Å². The maximum absolute atomic E-state index is 13.4. The fraction of sp³-hybridized carbons (Fsp3) is 0.500. The third-order valence-electron chi connectivity index (χ3n) is 4.84. The first-order valence-corrected chi connectivity index (χ1v) is 7.60. The van der Waals surface area contributed by atoms with Gasteiger partial charge < -0.3 is 10.0 Å². The van der Waals surface area contributed by atoms with Crippen LogP contribution in [-0.2, 0) is 4.79 Å². The van der Waals surface area contributed by atoms with E-state index in [0.717, 1.165) is 19.3 Å².